The summed E-state index contributed by atoms with van der Waals surface area (Å²) in [5.74, 6) is 0.339. The molecular formula is C23H32N4O3S. The molecule has 1 aromatic rings. The van der Waals surface area contributed by atoms with Crippen LogP contribution >= 0.6 is 11.8 Å². The molecule has 2 heterocycles. The predicted octanol–water partition coefficient (Wildman–Crippen LogP) is 1.58. The van der Waals surface area contributed by atoms with Gasteiger partial charge in [-0.25, -0.2) is 0 Å². The lowest BCUT2D eigenvalue weighted by Gasteiger charge is -2.34. The van der Waals surface area contributed by atoms with Gasteiger partial charge in [0.25, 0.3) is 0 Å². The normalized spacial score (nSPS) is 29.1. The molecule has 2 fully saturated rings. The highest BCUT2D eigenvalue weighted by Gasteiger charge is 2.54. The van der Waals surface area contributed by atoms with E-state index in [1.807, 2.05) is 12.1 Å². The number of thioether (sulfide) groups is 1. The fraction of sp³-hybridized carbons (Fsp3) is 0.609. The molecule has 0 bridgehead atoms. The Labute approximate surface area is 188 Å². The second-order valence-electron chi connectivity index (χ2n) is 9.40. The van der Waals surface area contributed by atoms with Gasteiger partial charge in [-0.3, -0.25) is 14.4 Å². The Morgan fingerprint density at radius 3 is 2.71 bits per heavy atom. The van der Waals surface area contributed by atoms with Crippen molar-refractivity contribution in [2.75, 3.05) is 19.3 Å². The van der Waals surface area contributed by atoms with E-state index >= 15 is 0 Å². The van der Waals surface area contributed by atoms with Crippen molar-refractivity contribution in [1.29, 1.82) is 0 Å². The summed E-state index contributed by atoms with van der Waals surface area (Å²) in [6.07, 6.45) is 3.18. The van der Waals surface area contributed by atoms with E-state index in [0.29, 0.717) is 6.42 Å². The Hall–Kier alpha value is -2.06. The largest absolute Gasteiger partial charge is 0.347 e. The number of aryl methyl sites for hydroxylation is 1. The summed E-state index contributed by atoms with van der Waals surface area (Å²) in [5.41, 5.74) is 2.12. The van der Waals surface area contributed by atoms with E-state index in [1.165, 1.54) is 11.1 Å². The van der Waals surface area contributed by atoms with Crippen LogP contribution in [0.25, 0.3) is 0 Å². The summed E-state index contributed by atoms with van der Waals surface area (Å²) in [7, 11) is 1.70. The predicted molar refractivity (Wildman–Crippen MR) is 121 cm³/mol. The van der Waals surface area contributed by atoms with Gasteiger partial charge in [-0.15, -0.1) is 11.8 Å². The van der Waals surface area contributed by atoms with Crippen molar-refractivity contribution >= 4 is 29.5 Å². The molecule has 8 heteroatoms. The number of nitrogens with one attached hydrogen (secondary N) is 3. The van der Waals surface area contributed by atoms with Crippen LogP contribution in [-0.4, -0.2) is 59.4 Å². The molecule has 2 aliphatic heterocycles. The summed E-state index contributed by atoms with van der Waals surface area (Å²) >= 11 is 1.72. The maximum Gasteiger partial charge on any atom is 0.246 e. The molecule has 0 spiro atoms. The number of fused-ring (bicyclic) bond motifs is 2. The van der Waals surface area contributed by atoms with Crippen LogP contribution in [0.4, 0.5) is 0 Å². The van der Waals surface area contributed by atoms with Crippen molar-refractivity contribution in [2.24, 2.45) is 5.41 Å². The van der Waals surface area contributed by atoms with Crippen LogP contribution in [0, 0.1) is 5.41 Å². The average molecular weight is 445 g/mol. The summed E-state index contributed by atoms with van der Waals surface area (Å²) in [5, 5.41) is 8.88. The minimum Gasteiger partial charge on any atom is -0.347 e. The zero-order valence-electron chi connectivity index (χ0n) is 18.4. The Morgan fingerprint density at radius 1 is 1.16 bits per heavy atom. The van der Waals surface area contributed by atoms with E-state index in [9.17, 15) is 14.4 Å². The number of hydrogen-bond acceptors (Lipinski definition) is 5. The molecule has 4 atom stereocenters. The summed E-state index contributed by atoms with van der Waals surface area (Å²) < 4.78 is 0. The Kier molecular flexibility index (Phi) is 6.30. The van der Waals surface area contributed by atoms with Crippen molar-refractivity contribution < 1.29 is 14.4 Å². The van der Waals surface area contributed by atoms with Crippen molar-refractivity contribution in [2.45, 2.75) is 63.0 Å². The first-order valence-electron chi connectivity index (χ1n) is 11.1. The van der Waals surface area contributed by atoms with Gasteiger partial charge < -0.3 is 20.9 Å². The zero-order valence-corrected chi connectivity index (χ0v) is 19.3. The fourth-order valence-corrected chi connectivity index (χ4v) is 6.79. The number of carbonyl (C=O) groups excluding carboxylic acids is 3. The van der Waals surface area contributed by atoms with Gasteiger partial charge in [-0.1, -0.05) is 38.1 Å². The van der Waals surface area contributed by atoms with Crippen LogP contribution in [0.5, 0.6) is 0 Å². The number of benzene rings is 1. The first-order chi connectivity index (χ1) is 14.8. The number of nitrogens with zero attached hydrogens (tertiary/aromatic N) is 1. The molecule has 4 rings (SSSR count). The SMILES string of the molecule is CNCC(=O)N[C@H]1CCS[C@H]2CC(C)(C)[C@@H](C(=O)N[C@@H]3CCc4ccccc43)N2C1=O. The van der Waals surface area contributed by atoms with Gasteiger partial charge in [0.15, 0.2) is 0 Å². The minimum atomic E-state index is -0.588. The molecule has 0 unspecified atom stereocenters. The number of hydrogen-bond donors (Lipinski definition) is 3. The number of rotatable bonds is 5. The number of carbonyl (C=O) groups is 3. The Morgan fingerprint density at radius 2 is 1.94 bits per heavy atom. The quantitative estimate of drug-likeness (QED) is 0.642. The molecule has 1 aliphatic carbocycles. The molecule has 1 aromatic carbocycles. The summed E-state index contributed by atoms with van der Waals surface area (Å²) in [6, 6.07) is 7.08. The first kappa shape index (κ1) is 22.1. The van der Waals surface area contributed by atoms with Crippen LogP contribution in [0.15, 0.2) is 24.3 Å². The molecule has 31 heavy (non-hydrogen) atoms. The van der Waals surface area contributed by atoms with Gasteiger partial charge in [0.05, 0.1) is 18.0 Å². The topological polar surface area (TPSA) is 90.5 Å². The van der Waals surface area contributed by atoms with Crippen molar-refractivity contribution in [3.05, 3.63) is 35.4 Å². The van der Waals surface area contributed by atoms with Gasteiger partial charge >= 0.3 is 0 Å². The highest BCUT2D eigenvalue weighted by molar-refractivity contribution is 7.99. The highest BCUT2D eigenvalue weighted by atomic mass is 32.2. The molecule has 0 aromatic heterocycles. The lowest BCUT2D eigenvalue weighted by Crippen LogP contribution is -2.57. The van der Waals surface area contributed by atoms with Gasteiger partial charge in [-0.2, -0.15) is 0 Å². The Bertz CT molecular complexity index is 874. The maximum absolute atomic E-state index is 13.6. The van der Waals surface area contributed by atoms with E-state index in [4.69, 9.17) is 0 Å². The highest BCUT2D eigenvalue weighted by Crippen LogP contribution is 2.46. The summed E-state index contributed by atoms with van der Waals surface area (Å²) in [4.78, 5) is 40.9. The van der Waals surface area contributed by atoms with Crippen LogP contribution in [0.3, 0.4) is 0 Å². The Balaban J connectivity index is 1.55. The minimum absolute atomic E-state index is 0.0144. The van der Waals surface area contributed by atoms with Gasteiger partial charge in [0.1, 0.15) is 12.1 Å². The van der Waals surface area contributed by atoms with E-state index in [1.54, 1.807) is 23.7 Å². The first-order valence-corrected chi connectivity index (χ1v) is 12.1. The summed E-state index contributed by atoms with van der Waals surface area (Å²) in [6.45, 7) is 4.30. The maximum atomic E-state index is 13.6. The zero-order chi connectivity index (χ0) is 22.2. The van der Waals surface area contributed by atoms with Crippen LogP contribution in [0.1, 0.15) is 50.3 Å². The molecule has 2 saturated heterocycles. The lowest BCUT2D eigenvalue weighted by molar-refractivity contribution is -0.143. The van der Waals surface area contributed by atoms with Crippen molar-refractivity contribution in [3.8, 4) is 0 Å². The number of likely N-dealkylation sites (N-methyl/N-ethyl adjacent to an activating group) is 1. The molecule has 168 valence electrons. The van der Waals surface area contributed by atoms with Crippen molar-refractivity contribution in [3.63, 3.8) is 0 Å². The van der Waals surface area contributed by atoms with E-state index < -0.39 is 12.1 Å². The van der Waals surface area contributed by atoms with Gasteiger partial charge in [0, 0.05) is 0 Å². The van der Waals surface area contributed by atoms with Gasteiger partial charge in [-0.05, 0) is 55.0 Å². The molecule has 0 radical (unpaired) electrons. The lowest BCUT2D eigenvalue weighted by atomic mass is 9.84. The third kappa shape index (κ3) is 4.32. The van der Waals surface area contributed by atoms with Gasteiger partial charge in [0.2, 0.25) is 17.7 Å². The smallest absolute Gasteiger partial charge is 0.246 e. The van der Waals surface area contributed by atoms with Crippen LogP contribution in [-0.2, 0) is 20.8 Å². The van der Waals surface area contributed by atoms with E-state index in [2.05, 4.69) is 41.9 Å². The molecule has 7 nitrogen and oxygen atoms in total. The molecular weight excluding hydrogens is 412 g/mol. The van der Waals surface area contributed by atoms with Crippen molar-refractivity contribution in [1.82, 2.24) is 20.9 Å². The third-order valence-electron chi connectivity index (χ3n) is 6.67. The second-order valence-corrected chi connectivity index (χ2v) is 10.7. The molecule has 3 amide bonds. The number of amides is 3. The molecule has 3 aliphatic rings. The fourth-order valence-electron chi connectivity index (χ4n) is 5.22. The van der Waals surface area contributed by atoms with Crippen LogP contribution in [0.2, 0.25) is 0 Å². The molecule has 3 N–H and O–H groups in total. The van der Waals surface area contributed by atoms with E-state index in [-0.39, 0.29) is 41.1 Å². The third-order valence-corrected chi connectivity index (χ3v) is 7.92. The monoisotopic (exact) mass is 444 g/mol. The molecule has 0 saturated carbocycles. The average Bonchev–Trinajstić information content (AvgIpc) is 3.20. The van der Waals surface area contributed by atoms with Crippen LogP contribution < -0.4 is 16.0 Å². The van der Waals surface area contributed by atoms with E-state index in [0.717, 1.165) is 25.0 Å². The standard InChI is InChI=1S/C23H32N4O3S/c1-23(2)12-19-27(22(30)17(10-11-31-19)25-18(28)13-24-3)20(23)21(29)26-16-9-8-14-6-4-5-7-15(14)16/h4-7,16-17,19-20,24H,8-13H2,1-3H3,(H,25,28)(H,26,29)/t16-,17+,19+,20-/m1/s1. The second kappa shape index (κ2) is 8.82.